The van der Waals surface area contributed by atoms with Gasteiger partial charge < -0.3 is 10.6 Å². The van der Waals surface area contributed by atoms with Crippen LogP contribution < -0.4 is 5.73 Å². The Labute approximate surface area is 141 Å². The minimum atomic E-state index is -0.209. The Morgan fingerprint density at radius 1 is 1.14 bits per heavy atom. The summed E-state index contributed by atoms with van der Waals surface area (Å²) in [7, 11) is 0. The van der Waals surface area contributed by atoms with E-state index in [2.05, 4.69) is 0 Å². The van der Waals surface area contributed by atoms with Crippen LogP contribution in [0.2, 0.25) is 10.0 Å². The van der Waals surface area contributed by atoms with Crippen molar-refractivity contribution in [3.63, 3.8) is 0 Å². The predicted octanol–water partition coefficient (Wildman–Crippen LogP) is 3.65. The Morgan fingerprint density at radius 3 is 2.41 bits per heavy atom. The van der Waals surface area contributed by atoms with Crippen molar-refractivity contribution < 1.29 is 4.79 Å². The fourth-order valence-electron chi connectivity index (χ4n) is 3.75. The normalized spacial score (nSPS) is 26.7. The molecule has 2 unspecified atom stereocenters. The van der Waals surface area contributed by atoms with Crippen LogP contribution in [-0.4, -0.2) is 29.4 Å². The summed E-state index contributed by atoms with van der Waals surface area (Å²) in [6, 6.07) is 5.68. The average Bonchev–Trinajstić information content (AvgIpc) is 2.79. The molecule has 2 fully saturated rings. The van der Waals surface area contributed by atoms with Gasteiger partial charge in [-0.15, -0.1) is 0 Å². The van der Waals surface area contributed by atoms with E-state index in [1.54, 1.807) is 0 Å². The molecule has 1 aromatic carbocycles. The Bertz CT molecular complexity index is 537. The molecular weight excluding hydrogens is 319 g/mol. The number of carbonyl (C=O) groups is 1. The van der Waals surface area contributed by atoms with Crippen molar-refractivity contribution in [2.75, 3.05) is 6.54 Å². The van der Waals surface area contributed by atoms with E-state index in [4.69, 9.17) is 28.9 Å². The molecule has 2 atom stereocenters. The van der Waals surface area contributed by atoms with Gasteiger partial charge in [0.25, 0.3) is 0 Å². The van der Waals surface area contributed by atoms with E-state index >= 15 is 0 Å². The molecule has 3 nitrogen and oxygen atoms in total. The molecule has 0 spiro atoms. The Hall–Kier alpha value is -0.770. The monoisotopic (exact) mass is 340 g/mol. The lowest BCUT2D eigenvalue weighted by molar-refractivity contribution is -0.133. The van der Waals surface area contributed by atoms with Crippen LogP contribution in [0.15, 0.2) is 18.2 Å². The molecular formula is C17H22Cl2N2O. The van der Waals surface area contributed by atoms with E-state index < -0.39 is 0 Å². The number of hydrogen-bond donors (Lipinski definition) is 1. The zero-order chi connectivity index (χ0) is 15.7. The molecule has 2 aliphatic rings. The van der Waals surface area contributed by atoms with Crippen LogP contribution in [0.4, 0.5) is 0 Å². The number of benzene rings is 1. The number of hydrogen-bond acceptors (Lipinski definition) is 2. The minimum absolute atomic E-state index is 0.137. The third-order valence-corrected chi connectivity index (χ3v) is 5.73. The topological polar surface area (TPSA) is 46.3 Å². The molecule has 1 aromatic rings. The highest BCUT2D eigenvalue weighted by molar-refractivity contribution is 6.36. The van der Waals surface area contributed by atoms with Crippen LogP contribution in [0.1, 0.15) is 37.7 Å². The van der Waals surface area contributed by atoms with Crippen LogP contribution in [-0.2, 0) is 11.2 Å². The number of rotatable bonds is 3. The van der Waals surface area contributed by atoms with Crippen LogP contribution in [0.25, 0.3) is 0 Å². The summed E-state index contributed by atoms with van der Waals surface area (Å²) < 4.78 is 0. The van der Waals surface area contributed by atoms with Crippen LogP contribution in [0.3, 0.4) is 0 Å². The molecule has 1 saturated heterocycles. The van der Waals surface area contributed by atoms with Gasteiger partial charge in [-0.3, -0.25) is 4.79 Å². The Balaban J connectivity index is 1.75. The highest BCUT2D eigenvalue weighted by Gasteiger charge is 2.41. The summed E-state index contributed by atoms with van der Waals surface area (Å²) in [5, 5.41) is 1.23. The SMILES string of the molecule is NC1CN(C2CCCCC2)C(=O)C1Cc1c(Cl)cccc1Cl. The Kier molecular flexibility index (Phi) is 4.96. The molecule has 1 aliphatic heterocycles. The van der Waals surface area contributed by atoms with Crippen LogP contribution in [0, 0.1) is 5.92 Å². The van der Waals surface area contributed by atoms with Crippen molar-refractivity contribution in [2.45, 2.75) is 50.6 Å². The zero-order valence-electron chi connectivity index (χ0n) is 12.6. The maximum Gasteiger partial charge on any atom is 0.227 e. The van der Waals surface area contributed by atoms with Gasteiger partial charge in [0.2, 0.25) is 5.91 Å². The van der Waals surface area contributed by atoms with E-state index in [0.717, 1.165) is 18.4 Å². The third kappa shape index (κ3) is 3.12. The van der Waals surface area contributed by atoms with Crippen molar-refractivity contribution >= 4 is 29.1 Å². The largest absolute Gasteiger partial charge is 0.338 e. The lowest BCUT2D eigenvalue weighted by Crippen LogP contribution is -2.39. The molecule has 3 rings (SSSR count). The van der Waals surface area contributed by atoms with Gasteiger partial charge in [0.15, 0.2) is 0 Å². The fourth-order valence-corrected chi connectivity index (χ4v) is 4.30. The van der Waals surface area contributed by atoms with Gasteiger partial charge in [0.1, 0.15) is 0 Å². The number of amides is 1. The van der Waals surface area contributed by atoms with Crippen LogP contribution >= 0.6 is 23.2 Å². The molecule has 120 valence electrons. The van der Waals surface area contributed by atoms with Crippen molar-refractivity contribution in [2.24, 2.45) is 11.7 Å². The predicted molar refractivity (Wildman–Crippen MR) is 90.2 cm³/mol. The number of nitrogens with two attached hydrogens (primary N) is 1. The number of halogens is 2. The molecule has 0 aromatic heterocycles. The van der Waals surface area contributed by atoms with E-state index in [0.29, 0.717) is 29.1 Å². The number of carbonyl (C=O) groups excluding carboxylic acids is 1. The second-order valence-electron chi connectivity index (χ2n) is 6.46. The molecule has 0 bridgehead atoms. The first-order chi connectivity index (χ1) is 10.6. The first kappa shape index (κ1) is 16.1. The van der Waals surface area contributed by atoms with Gasteiger partial charge in [0, 0.05) is 28.7 Å². The summed E-state index contributed by atoms with van der Waals surface area (Å²) in [5.74, 6) is -0.0327. The molecule has 22 heavy (non-hydrogen) atoms. The number of likely N-dealkylation sites (tertiary alicyclic amines) is 1. The summed E-state index contributed by atoms with van der Waals surface area (Å²) in [6.45, 7) is 0.663. The maximum atomic E-state index is 12.8. The fraction of sp³-hybridized carbons (Fsp3) is 0.588. The highest BCUT2D eigenvalue weighted by Crippen LogP contribution is 2.33. The first-order valence-electron chi connectivity index (χ1n) is 8.07. The van der Waals surface area contributed by atoms with Crippen LogP contribution in [0.5, 0.6) is 0 Å². The van der Waals surface area contributed by atoms with Crippen molar-refractivity contribution in [3.8, 4) is 0 Å². The van der Waals surface area contributed by atoms with Gasteiger partial charge in [-0.1, -0.05) is 48.5 Å². The minimum Gasteiger partial charge on any atom is -0.338 e. The third-order valence-electron chi connectivity index (χ3n) is 5.03. The smallest absolute Gasteiger partial charge is 0.227 e. The van der Waals surface area contributed by atoms with E-state index in [1.165, 1.54) is 19.3 Å². The van der Waals surface area contributed by atoms with Gasteiger partial charge >= 0.3 is 0 Å². The van der Waals surface area contributed by atoms with Crippen molar-refractivity contribution in [1.29, 1.82) is 0 Å². The second-order valence-corrected chi connectivity index (χ2v) is 7.27. The molecule has 1 heterocycles. The van der Waals surface area contributed by atoms with E-state index in [-0.39, 0.29) is 17.9 Å². The lowest BCUT2D eigenvalue weighted by atomic mass is 9.93. The highest BCUT2D eigenvalue weighted by atomic mass is 35.5. The zero-order valence-corrected chi connectivity index (χ0v) is 14.1. The summed E-state index contributed by atoms with van der Waals surface area (Å²) in [6.07, 6.45) is 6.45. The van der Waals surface area contributed by atoms with Gasteiger partial charge in [0.05, 0.1) is 5.92 Å². The molecule has 1 saturated carbocycles. The summed E-state index contributed by atoms with van der Waals surface area (Å²) in [5.41, 5.74) is 7.10. The first-order valence-corrected chi connectivity index (χ1v) is 8.82. The van der Waals surface area contributed by atoms with Crippen molar-refractivity contribution in [3.05, 3.63) is 33.8 Å². The summed E-state index contributed by atoms with van der Waals surface area (Å²) >= 11 is 12.5. The summed E-state index contributed by atoms with van der Waals surface area (Å²) in [4.78, 5) is 14.8. The lowest BCUT2D eigenvalue weighted by Gasteiger charge is -2.31. The van der Waals surface area contributed by atoms with Gasteiger partial charge in [-0.2, -0.15) is 0 Å². The molecule has 5 heteroatoms. The molecule has 0 radical (unpaired) electrons. The van der Waals surface area contributed by atoms with Gasteiger partial charge in [-0.05, 0) is 37.0 Å². The van der Waals surface area contributed by atoms with E-state index in [1.807, 2.05) is 23.1 Å². The maximum absolute atomic E-state index is 12.8. The Morgan fingerprint density at radius 2 is 1.77 bits per heavy atom. The molecule has 2 N–H and O–H groups in total. The second kappa shape index (κ2) is 6.77. The molecule has 1 aliphatic carbocycles. The quantitative estimate of drug-likeness (QED) is 0.912. The van der Waals surface area contributed by atoms with Crippen molar-refractivity contribution in [1.82, 2.24) is 4.90 Å². The number of nitrogens with zero attached hydrogens (tertiary/aromatic N) is 1. The molecule has 1 amide bonds. The van der Waals surface area contributed by atoms with Gasteiger partial charge in [-0.25, -0.2) is 0 Å². The standard InChI is InChI=1S/C17H22Cl2N2O/c18-14-7-4-8-15(19)12(14)9-13-16(20)10-21(17(13)22)11-5-2-1-3-6-11/h4,7-8,11,13,16H,1-3,5-6,9-10,20H2. The average molecular weight is 341 g/mol. The van der Waals surface area contributed by atoms with E-state index in [9.17, 15) is 4.79 Å².